The van der Waals surface area contributed by atoms with E-state index in [-0.39, 0.29) is 5.78 Å². The number of carbonyl (C=O) groups excluding carboxylic acids is 1. The van der Waals surface area contributed by atoms with Gasteiger partial charge in [-0.3, -0.25) is 9.69 Å². The lowest BCUT2D eigenvalue weighted by Crippen LogP contribution is -2.47. The Labute approximate surface area is 108 Å². The molecule has 98 valence electrons. The van der Waals surface area contributed by atoms with Crippen molar-refractivity contribution < 1.29 is 9.90 Å². The number of β-amino-alcohol motifs (C(OH)–C–C–N with tert-alkyl or cyclic N) is 1. The number of ketones is 1. The van der Waals surface area contributed by atoms with Crippen LogP contribution in [0.15, 0.2) is 30.3 Å². The lowest BCUT2D eigenvalue weighted by molar-refractivity contribution is -0.121. The smallest absolute Gasteiger partial charge is 0.151 e. The highest BCUT2D eigenvalue weighted by atomic mass is 16.3. The van der Waals surface area contributed by atoms with Crippen molar-refractivity contribution in [2.75, 3.05) is 19.6 Å². The minimum absolute atomic E-state index is 0.221. The number of piperidine rings is 1. The van der Waals surface area contributed by atoms with Gasteiger partial charge in [-0.2, -0.15) is 0 Å². The molecular formula is C15H21NO2. The second-order valence-electron chi connectivity index (χ2n) is 5.51. The van der Waals surface area contributed by atoms with Crippen LogP contribution >= 0.6 is 0 Å². The van der Waals surface area contributed by atoms with Gasteiger partial charge in [0.25, 0.3) is 0 Å². The number of nitrogens with zero attached hydrogens (tertiary/aromatic N) is 1. The Hall–Kier alpha value is -1.19. The molecule has 1 atom stereocenters. The van der Waals surface area contributed by atoms with E-state index in [1.807, 2.05) is 37.3 Å². The first-order valence-electron chi connectivity index (χ1n) is 6.55. The molecule has 0 aromatic heterocycles. The van der Waals surface area contributed by atoms with Gasteiger partial charge in [-0.05, 0) is 31.9 Å². The lowest BCUT2D eigenvalue weighted by Gasteiger charge is -2.36. The predicted molar refractivity (Wildman–Crippen MR) is 71.5 cm³/mol. The van der Waals surface area contributed by atoms with Gasteiger partial charge in [0.05, 0.1) is 12.1 Å². The quantitative estimate of drug-likeness (QED) is 0.879. The van der Waals surface area contributed by atoms with Gasteiger partial charge in [0.2, 0.25) is 0 Å². The average Bonchev–Trinajstić information content (AvgIpc) is 2.28. The molecular weight excluding hydrogens is 226 g/mol. The van der Waals surface area contributed by atoms with Crippen molar-refractivity contribution in [3.8, 4) is 0 Å². The third kappa shape index (κ3) is 3.93. The van der Waals surface area contributed by atoms with Crippen molar-refractivity contribution in [2.45, 2.75) is 31.8 Å². The first kappa shape index (κ1) is 13.2. The number of benzene rings is 1. The zero-order valence-corrected chi connectivity index (χ0v) is 10.9. The molecule has 1 aliphatic heterocycles. The third-order valence-corrected chi connectivity index (χ3v) is 3.40. The number of carbonyl (C=O) groups is 1. The van der Waals surface area contributed by atoms with Crippen LogP contribution in [0.4, 0.5) is 0 Å². The molecule has 3 nitrogen and oxygen atoms in total. The van der Waals surface area contributed by atoms with E-state index < -0.39 is 5.60 Å². The van der Waals surface area contributed by atoms with Gasteiger partial charge < -0.3 is 5.11 Å². The van der Waals surface area contributed by atoms with E-state index in [0.717, 1.165) is 24.9 Å². The first-order valence-corrected chi connectivity index (χ1v) is 6.55. The molecule has 18 heavy (non-hydrogen) atoms. The molecule has 0 saturated carbocycles. The van der Waals surface area contributed by atoms with Crippen molar-refractivity contribution in [1.29, 1.82) is 0 Å². The average molecular weight is 247 g/mol. The van der Waals surface area contributed by atoms with Crippen molar-refractivity contribution in [1.82, 2.24) is 4.90 Å². The highest BCUT2D eigenvalue weighted by Gasteiger charge is 2.28. The van der Waals surface area contributed by atoms with Crippen LogP contribution in [0.2, 0.25) is 0 Å². The van der Waals surface area contributed by atoms with Gasteiger partial charge in [-0.1, -0.05) is 30.3 Å². The molecule has 0 radical (unpaired) electrons. The van der Waals surface area contributed by atoms with E-state index >= 15 is 0 Å². The van der Waals surface area contributed by atoms with Gasteiger partial charge >= 0.3 is 0 Å². The van der Waals surface area contributed by atoms with Crippen LogP contribution in [0, 0.1) is 0 Å². The summed E-state index contributed by atoms with van der Waals surface area (Å²) < 4.78 is 0. The predicted octanol–water partition coefficient (Wildman–Crippen LogP) is 1.65. The molecule has 0 spiro atoms. The number of aliphatic hydroxyl groups is 1. The second-order valence-corrected chi connectivity index (χ2v) is 5.51. The molecule has 0 amide bonds. The zero-order valence-electron chi connectivity index (χ0n) is 10.9. The Kier molecular flexibility index (Phi) is 4.15. The van der Waals surface area contributed by atoms with Crippen LogP contribution in [0.25, 0.3) is 0 Å². The molecule has 1 unspecified atom stereocenters. The van der Waals surface area contributed by atoms with Crippen LogP contribution in [-0.2, 0) is 11.2 Å². The molecule has 0 bridgehead atoms. The molecule has 1 N–H and O–H groups in total. The number of hydrogen-bond donors (Lipinski definition) is 1. The van der Waals surface area contributed by atoms with Crippen LogP contribution in [0.5, 0.6) is 0 Å². The maximum absolute atomic E-state index is 12.0. The summed E-state index contributed by atoms with van der Waals surface area (Å²) in [6, 6.07) is 9.81. The Morgan fingerprint density at radius 1 is 1.39 bits per heavy atom. The Balaban J connectivity index is 1.84. The van der Waals surface area contributed by atoms with Crippen LogP contribution < -0.4 is 0 Å². The largest absolute Gasteiger partial charge is 0.389 e. The monoisotopic (exact) mass is 247 g/mol. The van der Waals surface area contributed by atoms with E-state index in [4.69, 9.17) is 0 Å². The van der Waals surface area contributed by atoms with Crippen molar-refractivity contribution >= 4 is 5.78 Å². The van der Waals surface area contributed by atoms with Gasteiger partial charge in [-0.25, -0.2) is 0 Å². The Morgan fingerprint density at radius 3 is 2.78 bits per heavy atom. The third-order valence-electron chi connectivity index (χ3n) is 3.40. The maximum Gasteiger partial charge on any atom is 0.151 e. The number of Topliss-reactive ketones (excluding diaryl/α,β-unsaturated/α-hetero) is 1. The van der Waals surface area contributed by atoms with Gasteiger partial charge in [0.15, 0.2) is 5.78 Å². The normalized spacial score (nSPS) is 25.0. The van der Waals surface area contributed by atoms with E-state index in [1.54, 1.807) is 0 Å². The first-order chi connectivity index (χ1) is 8.55. The minimum atomic E-state index is -0.634. The summed E-state index contributed by atoms with van der Waals surface area (Å²) >= 11 is 0. The number of rotatable bonds is 4. The fraction of sp³-hybridized carbons (Fsp3) is 0.533. The molecule has 1 saturated heterocycles. The Morgan fingerprint density at radius 2 is 2.11 bits per heavy atom. The van der Waals surface area contributed by atoms with E-state index in [1.165, 1.54) is 0 Å². The summed E-state index contributed by atoms with van der Waals surface area (Å²) in [5.74, 6) is 0.221. The van der Waals surface area contributed by atoms with Crippen molar-refractivity contribution in [3.63, 3.8) is 0 Å². The van der Waals surface area contributed by atoms with E-state index in [2.05, 4.69) is 4.90 Å². The van der Waals surface area contributed by atoms with E-state index in [0.29, 0.717) is 19.5 Å². The van der Waals surface area contributed by atoms with Gasteiger partial charge in [-0.15, -0.1) is 0 Å². The summed E-state index contributed by atoms with van der Waals surface area (Å²) in [5.41, 5.74) is 0.428. The van der Waals surface area contributed by atoms with E-state index in [9.17, 15) is 9.90 Å². The van der Waals surface area contributed by atoms with Crippen molar-refractivity contribution in [3.05, 3.63) is 35.9 Å². The molecule has 1 fully saturated rings. The fourth-order valence-electron chi connectivity index (χ4n) is 2.59. The standard InChI is InChI=1S/C15H21NO2/c1-15(18)8-5-9-16(12-15)11-14(17)10-13-6-3-2-4-7-13/h2-4,6-7,18H,5,8-12H2,1H3. The summed E-state index contributed by atoms with van der Waals surface area (Å²) in [6.45, 7) is 3.82. The highest BCUT2D eigenvalue weighted by Crippen LogP contribution is 2.20. The second kappa shape index (κ2) is 5.63. The summed E-state index contributed by atoms with van der Waals surface area (Å²) in [4.78, 5) is 14.0. The van der Waals surface area contributed by atoms with Gasteiger partial charge in [0, 0.05) is 13.0 Å². The SMILES string of the molecule is CC1(O)CCCN(CC(=O)Cc2ccccc2)C1. The lowest BCUT2D eigenvalue weighted by atomic mass is 9.95. The summed E-state index contributed by atoms with van der Waals surface area (Å²) in [5, 5.41) is 9.99. The van der Waals surface area contributed by atoms with Crippen LogP contribution in [0.3, 0.4) is 0 Å². The van der Waals surface area contributed by atoms with Crippen LogP contribution in [0.1, 0.15) is 25.3 Å². The molecule has 1 aromatic carbocycles. The molecule has 1 aromatic rings. The van der Waals surface area contributed by atoms with Gasteiger partial charge in [0.1, 0.15) is 0 Å². The topological polar surface area (TPSA) is 40.5 Å². The number of hydrogen-bond acceptors (Lipinski definition) is 3. The van der Waals surface area contributed by atoms with Crippen molar-refractivity contribution in [2.24, 2.45) is 0 Å². The Bertz CT molecular complexity index is 400. The maximum atomic E-state index is 12.0. The molecule has 1 aliphatic rings. The molecule has 3 heteroatoms. The fourth-order valence-corrected chi connectivity index (χ4v) is 2.59. The zero-order chi connectivity index (χ0) is 13.0. The summed E-state index contributed by atoms with van der Waals surface area (Å²) in [7, 11) is 0. The highest BCUT2D eigenvalue weighted by molar-refractivity contribution is 5.82. The molecule has 0 aliphatic carbocycles. The number of likely N-dealkylation sites (tertiary alicyclic amines) is 1. The minimum Gasteiger partial charge on any atom is -0.389 e. The summed E-state index contributed by atoms with van der Waals surface area (Å²) in [6.07, 6.45) is 2.28. The molecule has 2 rings (SSSR count). The molecule has 1 heterocycles. The van der Waals surface area contributed by atoms with Crippen LogP contribution in [-0.4, -0.2) is 41.0 Å².